The zero-order chi connectivity index (χ0) is 30.6. The van der Waals surface area contributed by atoms with Gasteiger partial charge in [0.25, 0.3) is 0 Å². The zero-order valence-electron chi connectivity index (χ0n) is 27.0. The molecular weight excluding hydrogens is 540 g/mol. The average molecular weight is 589 g/mol. The van der Waals surface area contributed by atoms with Gasteiger partial charge in [-0.25, -0.2) is 0 Å². The molecule has 2 aromatic carbocycles. The fraction of sp³-hybridized carbons (Fsp3) is 0.421. The van der Waals surface area contributed by atoms with Gasteiger partial charge in [-0.15, -0.1) is 0 Å². The number of aromatic nitrogens is 4. The Morgan fingerprint density at radius 3 is 1.57 bits per heavy atom. The van der Waals surface area contributed by atoms with Crippen molar-refractivity contribution in [3.8, 4) is 0 Å². The normalized spacial score (nSPS) is 12.4. The van der Waals surface area contributed by atoms with Crippen LogP contribution in [-0.2, 0) is 26.2 Å². The van der Waals surface area contributed by atoms with Crippen LogP contribution in [0.2, 0.25) is 0 Å². The minimum atomic E-state index is 0.533. The molecule has 0 spiro atoms. The summed E-state index contributed by atoms with van der Waals surface area (Å²) >= 11 is 0. The highest BCUT2D eigenvalue weighted by atomic mass is 15.1. The molecule has 0 fully saturated rings. The van der Waals surface area contributed by atoms with Crippen molar-refractivity contribution in [3.63, 3.8) is 0 Å². The Hall–Kier alpha value is -3.74. The van der Waals surface area contributed by atoms with Gasteiger partial charge in [0.1, 0.15) is 0 Å². The molecule has 4 heterocycles. The highest BCUT2D eigenvalue weighted by Gasteiger charge is 2.21. The molecule has 230 valence electrons. The van der Waals surface area contributed by atoms with Gasteiger partial charge in [0.05, 0.1) is 22.4 Å². The topological polar surface area (TPSA) is 64.9 Å². The molecule has 4 aromatic heterocycles. The monoisotopic (exact) mass is 588 g/mol. The number of hydrogen-bond donors (Lipinski definition) is 1. The maximum atomic E-state index is 5.81. The molecular formula is C38H48N6. The van der Waals surface area contributed by atoms with E-state index in [1.807, 2.05) is 12.4 Å². The van der Waals surface area contributed by atoms with E-state index < -0.39 is 0 Å². The van der Waals surface area contributed by atoms with E-state index in [1.54, 1.807) is 0 Å². The van der Waals surface area contributed by atoms with Gasteiger partial charge in [0, 0.05) is 71.2 Å². The van der Waals surface area contributed by atoms with Crippen molar-refractivity contribution in [1.29, 1.82) is 0 Å². The number of benzene rings is 2. The summed E-state index contributed by atoms with van der Waals surface area (Å²) in [6, 6.07) is 22.0. The molecule has 0 amide bonds. The Labute approximate surface area is 261 Å². The molecule has 0 aliphatic rings. The lowest BCUT2D eigenvalue weighted by Crippen LogP contribution is -2.26. The van der Waals surface area contributed by atoms with Crippen LogP contribution in [0.25, 0.3) is 43.6 Å². The SMILES string of the molecule is CC(C)Cn1c2ccccc2c2ccnc(CN(CCCCCCN)Cc3nccc4c5ccccc5n(CC(C)C)c34)c21. The van der Waals surface area contributed by atoms with Crippen LogP contribution in [0.15, 0.2) is 73.1 Å². The van der Waals surface area contributed by atoms with E-state index in [-0.39, 0.29) is 0 Å². The van der Waals surface area contributed by atoms with Gasteiger partial charge in [0.2, 0.25) is 0 Å². The summed E-state index contributed by atoms with van der Waals surface area (Å²) in [5.74, 6) is 1.07. The lowest BCUT2D eigenvalue weighted by atomic mass is 10.1. The summed E-state index contributed by atoms with van der Waals surface area (Å²) in [5.41, 5.74) is 13.2. The fourth-order valence-electron chi connectivity index (χ4n) is 6.96. The van der Waals surface area contributed by atoms with E-state index in [4.69, 9.17) is 15.7 Å². The number of rotatable bonds is 14. The molecule has 0 radical (unpaired) electrons. The molecule has 0 aliphatic carbocycles. The maximum Gasteiger partial charge on any atom is 0.0786 e. The predicted molar refractivity (Wildman–Crippen MR) is 186 cm³/mol. The molecule has 6 rings (SSSR count). The lowest BCUT2D eigenvalue weighted by molar-refractivity contribution is 0.246. The van der Waals surface area contributed by atoms with Crippen LogP contribution in [-0.4, -0.2) is 37.1 Å². The van der Waals surface area contributed by atoms with Crippen LogP contribution in [0, 0.1) is 11.8 Å². The molecule has 0 saturated heterocycles. The molecule has 0 atom stereocenters. The zero-order valence-corrected chi connectivity index (χ0v) is 27.0. The summed E-state index contributed by atoms with van der Waals surface area (Å²) in [6.07, 6.45) is 8.59. The first-order chi connectivity index (χ1) is 21.5. The Balaban J connectivity index is 1.43. The van der Waals surface area contributed by atoms with Gasteiger partial charge in [-0.2, -0.15) is 0 Å². The second kappa shape index (κ2) is 13.5. The smallest absolute Gasteiger partial charge is 0.0786 e. The molecule has 0 bridgehead atoms. The summed E-state index contributed by atoms with van der Waals surface area (Å²) in [6.45, 7) is 14.5. The van der Waals surface area contributed by atoms with E-state index in [0.29, 0.717) is 11.8 Å². The minimum Gasteiger partial charge on any atom is -0.339 e. The van der Waals surface area contributed by atoms with Crippen LogP contribution in [0.4, 0.5) is 0 Å². The van der Waals surface area contributed by atoms with Gasteiger partial charge in [0.15, 0.2) is 0 Å². The van der Waals surface area contributed by atoms with Crippen molar-refractivity contribution in [2.24, 2.45) is 17.6 Å². The third-order valence-corrected chi connectivity index (χ3v) is 8.78. The van der Waals surface area contributed by atoms with Crippen LogP contribution >= 0.6 is 0 Å². The summed E-state index contributed by atoms with van der Waals surface area (Å²) < 4.78 is 5.02. The van der Waals surface area contributed by atoms with Gasteiger partial charge < -0.3 is 14.9 Å². The van der Waals surface area contributed by atoms with E-state index >= 15 is 0 Å². The first-order valence-corrected chi connectivity index (χ1v) is 16.6. The van der Waals surface area contributed by atoms with E-state index in [2.05, 4.69) is 102 Å². The number of para-hydroxylation sites is 2. The van der Waals surface area contributed by atoms with E-state index in [0.717, 1.165) is 63.5 Å². The number of hydrogen-bond acceptors (Lipinski definition) is 4. The Bertz CT molecular complexity index is 1730. The largest absolute Gasteiger partial charge is 0.339 e. The first-order valence-electron chi connectivity index (χ1n) is 16.6. The van der Waals surface area contributed by atoms with Crippen molar-refractivity contribution in [1.82, 2.24) is 24.0 Å². The van der Waals surface area contributed by atoms with Crippen LogP contribution in [0.1, 0.15) is 64.8 Å². The average Bonchev–Trinajstić information content (AvgIpc) is 3.50. The van der Waals surface area contributed by atoms with Gasteiger partial charge in [-0.1, -0.05) is 76.9 Å². The Kier molecular flexibility index (Phi) is 9.29. The van der Waals surface area contributed by atoms with Crippen molar-refractivity contribution in [2.45, 2.75) is 79.6 Å². The number of fused-ring (bicyclic) bond motifs is 6. The summed E-state index contributed by atoms with van der Waals surface area (Å²) in [4.78, 5) is 12.7. The fourth-order valence-corrected chi connectivity index (χ4v) is 6.96. The van der Waals surface area contributed by atoms with Crippen LogP contribution in [0.3, 0.4) is 0 Å². The third-order valence-electron chi connectivity index (χ3n) is 8.78. The Morgan fingerprint density at radius 2 is 1.09 bits per heavy atom. The van der Waals surface area contributed by atoms with Crippen molar-refractivity contribution < 1.29 is 0 Å². The van der Waals surface area contributed by atoms with Crippen molar-refractivity contribution >= 4 is 43.6 Å². The standard InChI is InChI=1S/C38H48N6/c1-27(2)23-43-35-15-9-7-13-29(35)31-17-20-40-33(37(31)43)25-42(22-12-6-5-11-19-39)26-34-38-32(18-21-41-34)30-14-8-10-16-36(30)44(38)24-28(3)4/h7-10,13-18,20-21,27-28H,5-6,11-12,19,22-26,39H2,1-4H3. The lowest BCUT2D eigenvalue weighted by Gasteiger charge is -2.24. The molecule has 0 aliphatic heterocycles. The highest BCUT2D eigenvalue weighted by molar-refractivity contribution is 6.09. The van der Waals surface area contributed by atoms with Gasteiger partial charge in [-0.3, -0.25) is 14.9 Å². The number of nitrogens with two attached hydrogens (primary N) is 1. The highest BCUT2D eigenvalue weighted by Crippen LogP contribution is 2.34. The number of unbranched alkanes of at least 4 members (excludes halogenated alkanes) is 3. The van der Waals surface area contributed by atoms with Crippen LogP contribution in [0.5, 0.6) is 0 Å². The molecule has 6 aromatic rings. The number of nitrogens with zero attached hydrogens (tertiary/aromatic N) is 5. The second-order valence-corrected chi connectivity index (χ2v) is 13.3. The predicted octanol–water partition coefficient (Wildman–Crippen LogP) is 8.53. The third kappa shape index (κ3) is 6.11. The summed E-state index contributed by atoms with van der Waals surface area (Å²) in [5, 5.41) is 5.22. The summed E-state index contributed by atoms with van der Waals surface area (Å²) in [7, 11) is 0. The quantitative estimate of drug-likeness (QED) is 0.130. The molecule has 44 heavy (non-hydrogen) atoms. The van der Waals surface area contributed by atoms with Crippen molar-refractivity contribution in [2.75, 3.05) is 13.1 Å². The molecule has 6 nitrogen and oxygen atoms in total. The van der Waals surface area contributed by atoms with E-state index in [1.165, 1.54) is 56.5 Å². The van der Waals surface area contributed by atoms with Crippen LogP contribution < -0.4 is 5.73 Å². The molecule has 6 heteroatoms. The Morgan fingerprint density at radius 1 is 0.614 bits per heavy atom. The number of pyridine rings is 2. The minimum absolute atomic E-state index is 0.533. The molecule has 0 unspecified atom stereocenters. The molecule has 0 saturated carbocycles. The second-order valence-electron chi connectivity index (χ2n) is 13.3. The first kappa shape index (κ1) is 30.3. The maximum absolute atomic E-state index is 5.81. The van der Waals surface area contributed by atoms with E-state index in [9.17, 15) is 0 Å². The van der Waals surface area contributed by atoms with Gasteiger partial charge >= 0.3 is 0 Å². The van der Waals surface area contributed by atoms with Gasteiger partial charge in [-0.05, 0) is 62.0 Å². The molecule has 2 N–H and O–H groups in total. The van der Waals surface area contributed by atoms with Crippen molar-refractivity contribution in [3.05, 3.63) is 84.4 Å².